The lowest BCUT2D eigenvalue weighted by Gasteiger charge is -2.03. The third kappa shape index (κ3) is 2.32. The highest BCUT2D eigenvalue weighted by atomic mass is 35.5. The van der Waals surface area contributed by atoms with Crippen molar-refractivity contribution in [3.8, 4) is 16.2 Å². The molecule has 1 aromatic heterocycles. The van der Waals surface area contributed by atoms with Crippen LogP contribution in [-0.2, 0) is 0 Å². The summed E-state index contributed by atoms with van der Waals surface area (Å²) in [6.45, 7) is 1.41. The summed E-state index contributed by atoms with van der Waals surface area (Å²) >= 11 is 13.1. The summed E-state index contributed by atoms with van der Waals surface area (Å²) in [7, 11) is 0. The number of hydrogen-bond acceptors (Lipinski definition) is 3. The summed E-state index contributed by atoms with van der Waals surface area (Å²) in [4.78, 5) is 11.8. The molecule has 0 aliphatic rings. The Kier molecular flexibility index (Phi) is 3.43. The van der Waals surface area contributed by atoms with Gasteiger partial charge in [-0.1, -0.05) is 29.3 Å². The molecule has 0 radical (unpaired) electrons. The predicted octanol–water partition coefficient (Wildman–Crippen LogP) is 4.63. The fraction of sp³-hybridized carbons (Fsp3) is 0.0833. The molecule has 17 heavy (non-hydrogen) atoms. The van der Waals surface area contributed by atoms with Gasteiger partial charge in [-0.05, 0) is 19.1 Å². The smallest absolute Gasteiger partial charge is 0.164 e. The molecule has 0 saturated heterocycles. The maximum atomic E-state index is 11.2. The molecule has 0 atom stereocenters. The lowest BCUT2D eigenvalue weighted by molar-refractivity contribution is 0.101. The van der Waals surface area contributed by atoms with Crippen LogP contribution in [0.2, 0.25) is 10.0 Å². The number of carbonyl (C=O) groups excluding carboxylic acids is 1. The first-order valence-electron chi connectivity index (χ1n) is 4.77. The summed E-state index contributed by atoms with van der Waals surface area (Å²) in [6, 6.07) is 5.01. The summed E-state index contributed by atoms with van der Waals surface area (Å²) < 4.78 is 0. The molecule has 1 N–H and O–H groups in total. The van der Waals surface area contributed by atoms with E-state index in [1.54, 1.807) is 23.6 Å². The fourth-order valence-electron chi connectivity index (χ4n) is 1.47. The molecule has 0 aliphatic carbocycles. The zero-order valence-corrected chi connectivity index (χ0v) is 11.2. The number of aromatic hydroxyl groups is 1. The van der Waals surface area contributed by atoms with Crippen LogP contribution < -0.4 is 0 Å². The number of benzene rings is 1. The Hall–Kier alpha value is -1.03. The Morgan fingerprint density at radius 1 is 1.35 bits per heavy atom. The molecule has 0 aliphatic heterocycles. The molecule has 2 nitrogen and oxygen atoms in total. The van der Waals surface area contributed by atoms with Crippen LogP contribution in [-0.4, -0.2) is 10.9 Å². The van der Waals surface area contributed by atoms with E-state index in [-0.39, 0.29) is 11.5 Å². The van der Waals surface area contributed by atoms with Gasteiger partial charge in [0.15, 0.2) is 5.78 Å². The van der Waals surface area contributed by atoms with E-state index in [9.17, 15) is 9.90 Å². The van der Waals surface area contributed by atoms with Gasteiger partial charge in [0, 0.05) is 16.0 Å². The Morgan fingerprint density at radius 3 is 2.59 bits per heavy atom. The molecular weight excluding hydrogens is 279 g/mol. The van der Waals surface area contributed by atoms with Crippen molar-refractivity contribution in [3.05, 3.63) is 39.2 Å². The van der Waals surface area contributed by atoms with Crippen molar-refractivity contribution in [1.82, 2.24) is 0 Å². The Balaban J connectivity index is 2.57. The van der Waals surface area contributed by atoms with Crippen molar-refractivity contribution in [2.45, 2.75) is 6.92 Å². The Bertz CT molecular complexity index is 590. The van der Waals surface area contributed by atoms with Crippen LogP contribution in [0.5, 0.6) is 5.75 Å². The minimum Gasteiger partial charge on any atom is -0.506 e. The minimum atomic E-state index is -0.171. The first kappa shape index (κ1) is 12.4. The molecule has 0 saturated carbocycles. The van der Waals surface area contributed by atoms with E-state index < -0.39 is 0 Å². The highest BCUT2D eigenvalue weighted by Crippen LogP contribution is 2.42. The molecular formula is C12H8Cl2O2S. The zero-order chi connectivity index (χ0) is 12.6. The number of Topliss-reactive ketones (excluding diaryl/α,β-unsaturated/α-hetero) is 1. The fourth-order valence-corrected chi connectivity index (χ4v) is 3.07. The average molecular weight is 287 g/mol. The Morgan fingerprint density at radius 2 is 2.06 bits per heavy atom. The maximum Gasteiger partial charge on any atom is 0.164 e. The highest BCUT2D eigenvalue weighted by Gasteiger charge is 2.17. The van der Waals surface area contributed by atoms with Crippen molar-refractivity contribution < 1.29 is 9.90 Å². The molecule has 0 bridgehead atoms. The second-order valence-corrected chi connectivity index (χ2v) is 5.23. The van der Waals surface area contributed by atoms with Crippen LogP contribution in [0.4, 0.5) is 0 Å². The summed E-state index contributed by atoms with van der Waals surface area (Å²) in [5, 5.41) is 12.5. The van der Waals surface area contributed by atoms with E-state index in [2.05, 4.69) is 0 Å². The molecule has 2 rings (SSSR count). The van der Waals surface area contributed by atoms with E-state index in [1.807, 2.05) is 0 Å². The van der Waals surface area contributed by atoms with Gasteiger partial charge in [-0.15, -0.1) is 11.3 Å². The van der Waals surface area contributed by atoms with Gasteiger partial charge < -0.3 is 5.11 Å². The standard InChI is InChI=1S/C12H8Cl2O2S/c1-6(15)9-5-17-12(11(9)16)8-3-2-7(13)4-10(8)14/h2-5,16H,1H3. The third-order valence-corrected chi connectivity index (χ3v) is 3.87. The molecule has 0 amide bonds. The number of carbonyl (C=O) groups is 1. The van der Waals surface area contributed by atoms with Gasteiger partial charge in [-0.25, -0.2) is 0 Å². The topological polar surface area (TPSA) is 37.3 Å². The van der Waals surface area contributed by atoms with Gasteiger partial charge in [-0.2, -0.15) is 0 Å². The molecule has 88 valence electrons. The van der Waals surface area contributed by atoms with Gasteiger partial charge >= 0.3 is 0 Å². The SMILES string of the molecule is CC(=O)c1csc(-c2ccc(Cl)cc2Cl)c1O. The largest absolute Gasteiger partial charge is 0.506 e. The zero-order valence-electron chi connectivity index (χ0n) is 8.83. The van der Waals surface area contributed by atoms with Crippen LogP contribution in [0.15, 0.2) is 23.6 Å². The number of hydrogen-bond donors (Lipinski definition) is 1. The summed E-state index contributed by atoms with van der Waals surface area (Å²) in [5.41, 5.74) is 0.988. The molecule has 5 heteroatoms. The van der Waals surface area contributed by atoms with Crippen molar-refractivity contribution in [3.63, 3.8) is 0 Å². The number of ketones is 1. The van der Waals surface area contributed by atoms with Gasteiger partial charge in [0.1, 0.15) is 5.75 Å². The van der Waals surface area contributed by atoms with E-state index in [0.29, 0.717) is 26.0 Å². The van der Waals surface area contributed by atoms with Crippen LogP contribution in [0.3, 0.4) is 0 Å². The predicted molar refractivity (Wildman–Crippen MR) is 71.4 cm³/mol. The van der Waals surface area contributed by atoms with E-state index in [0.717, 1.165) is 0 Å². The van der Waals surface area contributed by atoms with Crippen LogP contribution >= 0.6 is 34.5 Å². The first-order valence-corrected chi connectivity index (χ1v) is 6.41. The van der Waals surface area contributed by atoms with E-state index >= 15 is 0 Å². The number of thiophene rings is 1. The average Bonchev–Trinajstić information content (AvgIpc) is 2.60. The van der Waals surface area contributed by atoms with Crippen molar-refractivity contribution in [2.24, 2.45) is 0 Å². The lowest BCUT2D eigenvalue weighted by atomic mass is 10.1. The molecule has 1 heterocycles. The van der Waals surface area contributed by atoms with Crippen molar-refractivity contribution in [1.29, 1.82) is 0 Å². The van der Waals surface area contributed by atoms with Crippen LogP contribution in [0.1, 0.15) is 17.3 Å². The van der Waals surface area contributed by atoms with E-state index in [4.69, 9.17) is 23.2 Å². The van der Waals surface area contributed by atoms with E-state index in [1.165, 1.54) is 18.3 Å². The second kappa shape index (κ2) is 4.69. The normalized spacial score (nSPS) is 10.5. The van der Waals surface area contributed by atoms with Gasteiger partial charge in [0.2, 0.25) is 0 Å². The molecule has 0 spiro atoms. The number of rotatable bonds is 2. The van der Waals surface area contributed by atoms with Gasteiger partial charge in [-0.3, -0.25) is 4.79 Å². The van der Waals surface area contributed by atoms with Crippen LogP contribution in [0.25, 0.3) is 10.4 Å². The maximum absolute atomic E-state index is 11.2. The Labute approximate surface area is 112 Å². The molecule has 0 unspecified atom stereocenters. The quantitative estimate of drug-likeness (QED) is 0.818. The minimum absolute atomic E-state index is 0.0216. The summed E-state index contributed by atoms with van der Waals surface area (Å²) in [5.74, 6) is -0.193. The van der Waals surface area contributed by atoms with Gasteiger partial charge in [0.05, 0.1) is 15.5 Å². The lowest BCUT2D eigenvalue weighted by Crippen LogP contribution is -1.88. The second-order valence-electron chi connectivity index (χ2n) is 3.51. The monoisotopic (exact) mass is 286 g/mol. The van der Waals surface area contributed by atoms with Crippen LogP contribution in [0, 0.1) is 0 Å². The van der Waals surface area contributed by atoms with Crippen molar-refractivity contribution in [2.75, 3.05) is 0 Å². The highest BCUT2D eigenvalue weighted by molar-refractivity contribution is 7.14. The number of halogens is 2. The van der Waals surface area contributed by atoms with Gasteiger partial charge in [0.25, 0.3) is 0 Å². The molecule has 0 fully saturated rings. The third-order valence-electron chi connectivity index (χ3n) is 2.32. The molecule has 1 aromatic carbocycles. The van der Waals surface area contributed by atoms with Crippen molar-refractivity contribution >= 4 is 40.3 Å². The first-order chi connectivity index (χ1) is 8.00. The molecule has 2 aromatic rings. The summed E-state index contributed by atoms with van der Waals surface area (Å²) in [6.07, 6.45) is 0.